The minimum atomic E-state index is -0.0822. The van der Waals surface area contributed by atoms with E-state index in [1.165, 1.54) is 12.8 Å². The highest BCUT2D eigenvalue weighted by Crippen LogP contribution is 2.42. The SMILES string of the molecule is CCN=C1NNC(C2CC(Cc3ccc(NC(=O)Cc4ccccc4)nn3)C2)S1. The van der Waals surface area contributed by atoms with Crippen LogP contribution >= 0.6 is 11.8 Å². The number of amides is 1. The van der Waals surface area contributed by atoms with Crippen LogP contribution in [0.2, 0.25) is 0 Å². The quantitative estimate of drug-likeness (QED) is 0.650. The minimum Gasteiger partial charge on any atom is -0.309 e. The lowest BCUT2D eigenvalue weighted by atomic mass is 9.72. The van der Waals surface area contributed by atoms with Gasteiger partial charge in [-0.05, 0) is 55.7 Å². The second kappa shape index (κ2) is 9.37. The molecule has 4 rings (SSSR count). The monoisotopic (exact) mass is 410 g/mol. The van der Waals surface area contributed by atoms with E-state index in [0.717, 1.165) is 29.4 Å². The minimum absolute atomic E-state index is 0.0822. The molecule has 29 heavy (non-hydrogen) atoms. The molecule has 3 N–H and O–H groups in total. The lowest BCUT2D eigenvalue weighted by molar-refractivity contribution is -0.115. The average molecular weight is 411 g/mol. The molecule has 1 aliphatic heterocycles. The number of aliphatic imine (C=N–C) groups is 1. The van der Waals surface area contributed by atoms with Crippen LogP contribution in [0.1, 0.15) is 31.0 Å². The molecule has 1 atom stereocenters. The first-order chi connectivity index (χ1) is 14.2. The summed E-state index contributed by atoms with van der Waals surface area (Å²) in [7, 11) is 0. The Morgan fingerprint density at radius 2 is 2.03 bits per heavy atom. The maximum Gasteiger partial charge on any atom is 0.229 e. The molecule has 1 saturated carbocycles. The van der Waals surface area contributed by atoms with E-state index < -0.39 is 0 Å². The number of hydrogen-bond donors (Lipinski definition) is 3. The van der Waals surface area contributed by atoms with Crippen molar-refractivity contribution in [2.45, 2.75) is 38.0 Å². The smallest absolute Gasteiger partial charge is 0.229 e. The Morgan fingerprint density at radius 1 is 1.21 bits per heavy atom. The van der Waals surface area contributed by atoms with Crippen molar-refractivity contribution in [3.05, 3.63) is 53.7 Å². The number of amidine groups is 1. The van der Waals surface area contributed by atoms with Crippen LogP contribution in [0.5, 0.6) is 0 Å². The van der Waals surface area contributed by atoms with Crippen LogP contribution in [0.15, 0.2) is 47.5 Å². The van der Waals surface area contributed by atoms with Gasteiger partial charge in [0.15, 0.2) is 11.0 Å². The molecule has 1 aromatic carbocycles. The third kappa shape index (κ3) is 5.33. The molecule has 1 saturated heterocycles. The predicted octanol–water partition coefficient (Wildman–Crippen LogP) is 2.77. The van der Waals surface area contributed by atoms with Crippen LogP contribution in [0.3, 0.4) is 0 Å². The second-order valence-electron chi connectivity index (χ2n) is 7.51. The van der Waals surface area contributed by atoms with E-state index in [9.17, 15) is 4.79 Å². The van der Waals surface area contributed by atoms with Crippen molar-refractivity contribution >= 4 is 28.7 Å². The lowest BCUT2D eigenvalue weighted by Crippen LogP contribution is -2.41. The molecule has 2 aromatic rings. The van der Waals surface area contributed by atoms with Gasteiger partial charge in [0.25, 0.3) is 0 Å². The van der Waals surface area contributed by atoms with Crippen LogP contribution in [0, 0.1) is 11.8 Å². The van der Waals surface area contributed by atoms with Crippen LogP contribution in [0.25, 0.3) is 0 Å². The van der Waals surface area contributed by atoms with E-state index >= 15 is 0 Å². The fourth-order valence-electron chi connectivity index (χ4n) is 3.75. The Hall–Kier alpha value is -2.45. The van der Waals surface area contributed by atoms with Crippen molar-refractivity contribution in [1.29, 1.82) is 0 Å². The van der Waals surface area contributed by atoms with E-state index in [0.29, 0.717) is 29.4 Å². The molecule has 2 aliphatic rings. The van der Waals surface area contributed by atoms with Gasteiger partial charge in [-0.15, -0.1) is 5.10 Å². The number of nitrogens with one attached hydrogen (secondary N) is 3. The van der Waals surface area contributed by atoms with E-state index in [4.69, 9.17) is 0 Å². The predicted molar refractivity (Wildman–Crippen MR) is 116 cm³/mol. The summed E-state index contributed by atoms with van der Waals surface area (Å²) in [6.07, 6.45) is 3.63. The standard InChI is InChI=1S/C21H26N6OS/c1-2-22-21-27-26-20(29-21)16-10-15(11-16)12-17-8-9-18(25-24-17)23-19(28)13-14-6-4-3-5-7-14/h3-9,15-16,20,26H,2,10-13H2,1H3,(H,22,27)(H,23,25,28). The molecule has 1 amide bonds. The number of hydrazine groups is 1. The van der Waals surface area contributed by atoms with Gasteiger partial charge in [-0.1, -0.05) is 42.1 Å². The van der Waals surface area contributed by atoms with Crippen molar-refractivity contribution in [3.63, 3.8) is 0 Å². The highest BCUT2D eigenvalue weighted by atomic mass is 32.2. The average Bonchev–Trinajstić information content (AvgIpc) is 3.14. The summed E-state index contributed by atoms with van der Waals surface area (Å²) in [4.78, 5) is 16.5. The van der Waals surface area contributed by atoms with Crippen molar-refractivity contribution < 1.29 is 4.79 Å². The molecule has 8 heteroatoms. The fraction of sp³-hybridized carbons (Fsp3) is 0.429. The van der Waals surface area contributed by atoms with Gasteiger partial charge in [-0.25, -0.2) is 5.43 Å². The molecule has 0 radical (unpaired) electrons. The molecule has 0 bridgehead atoms. The van der Waals surface area contributed by atoms with Crippen molar-refractivity contribution in [2.75, 3.05) is 11.9 Å². The summed E-state index contributed by atoms with van der Waals surface area (Å²) in [5.74, 6) is 1.72. The van der Waals surface area contributed by atoms with Gasteiger partial charge in [0.05, 0.1) is 17.5 Å². The van der Waals surface area contributed by atoms with Crippen molar-refractivity contribution in [2.24, 2.45) is 16.8 Å². The Balaban J connectivity index is 1.20. The highest BCUT2D eigenvalue weighted by molar-refractivity contribution is 8.14. The van der Waals surface area contributed by atoms with Crippen LogP contribution in [0.4, 0.5) is 5.82 Å². The number of hydrogen-bond acceptors (Lipinski definition) is 6. The third-order valence-electron chi connectivity index (χ3n) is 5.25. The summed E-state index contributed by atoms with van der Waals surface area (Å²) in [6.45, 7) is 2.85. The number of anilines is 1. The van der Waals surface area contributed by atoms with Crippen LogP contribution in [-0.4, -0.2) is 33.2 Å². The zero-order chi connectivity index (χ0) is 20.1. The Morgan fingerprint density at radius 3 is 2.76 bits per heavy atom. The number of benzene rings is 1. The number of rotatable bonds is 7. The van der Waals surface area contributed by atoms with E-state index in [1.54, 1.807) is 11.8 Å². The Bertz CT molecular complexity index is 851. The zero-order valence-electron chi connectivity index (χ0n) is 16.5. The summed E-state index contributed by atoms with van der Waals surface area (Å²) in [5, 5.41) is 12.7. The summed E-state index contributed by atoms with van der Waals surface area (Å²) < 4.78 is 0. The van der Waals surface area contributed by atoms with E-state index in [2.05, 4.69) is 31.4 Å². The zero-order valence-corrected chi connectivity index (χ0v) is 17.3. The molecular weight excluding hydrogens is 384 g/mol. The number of carbonyl (C=O) groups is 1. The molecule has 152 valence electrons. The first kappa shape index (κ1) is 19.8. The third-order valence-corrected chi connectivity index (χ3v) is 6.47. The van der Waals surface area contributed by atoms with Gasteiger partial charge in [0, 0.05) is 6.54 Å². The van der Waals surface area contributed by atoms with Gasteiger partial charge in [0.1, 0.15) is 0 Å². The molecule has 2 fully saturated rings. The molecule has 1 unspecified atom stereocenters. The largest absolute Gasteiger partial charge is 0.309 e. The first-order valence-electron chi connectivity index (χ1n) is 10.1. The summed E-state index contributed by atoms with van der Waals surface area (Å²) in [6, 6.07) is 13.5. The summed E-state index contributed by atoms with van der Waals surface area (Å²) in [5.41, 5.74) is 8.46. The van der Waals surface area contributed by atoms with Crippen molar-refractivity contribution in [1.82, 2.24) is 21.0 Å². The lowest BCUT2D eigenvalue weighted by Gasteiger charge is -2.38. The maximum absolute atomic E-state index is 12.1. The number of nitrogens with zero attached hydrogens (tertiary/aromatic N) is 3. The van der Waals surface area contributed by atoms with E-state index in [1.807, 2.05) is 49.4 Å². The number of aromatic nitrogens is 2. The molecular formula is C21H26N6OS. The summed E-state index contributed by atoms with van der Waals surface area (Å²) >= 11 is 1.80. The fourth-order valence-corrected chi connectivity index (χ4v) is 4.84. The van der Waals surface area contributed by atoms with Gasteiger partial charge in [0.2, 0.25) is 5.91 Å². The van der Waals surface area contributed by atoms with Gasteiger partial charge in [-0.2, -0.15) is 5.10 Å². The van der Waals surface area contributed by atoms with Crippen molar-refractivity contribution in [3.8, 4) is 0 Å². The van der Waals surface area contributed by atoms with Gasteiger partial charge >= 0.3 is 0 Å². The Labute approximate surface area is 175 Å². The molecule has 0 spiro atoms. The van der Waals surface area contributed by atoms with Gasteiger partial charge in [-0.3, -0.25) is 15.2 Å². The van der Waals surface area contributed by atoms with Crippen LogP contribution in [-0.2, 0) is 17.6 Å². The second-order valence-corrected chi connectivity index (χ2v) is 8.64. The number of carbonyl (C=O) groups excluding carboxylic acids is 1. The normalized spacial score (nSPS) is 24.7. The number of thioether (sulfide) groups is 1. The van der Waals surface area contributed by atoms with Crippen LogP contribution < -0.4 is 16.2 Å². The molecule has 2 heterocycles. The molecule has 7 nitrogen and oxygen atoms in total. The van der Waals surface area contributed by atoms with E-state index in [-0.39, 0.29) is 5.91 Å². The molecule has 1 aromatic heterocycles. The first-order valence-corrected chi connectivity index (χ1v) is 11.0. The molecule has 1 aliphatic carbocycles. The Kier molecular flexibility index (Phi) is 6.41. The van der Waals surface area contributed by atoms with Gasteiger partial charge < -0.3 is 5.32 Å². The maximum atomic E-state index is 12.1. The highest BCUT2D eigenvalue weighted by Gasteiger charge is 2.38. The topological polar surface area (TPSA) is 91.3 Å².